The zero-order chi connectivity index (χ0) is 40.1. The number of para-hydroxylation sites is 1. The third-order valence-electron chi connectivity index (χ3n) is 13.3. The average molecular weight is 776 g/mol. The smallest absolute Gasteiger partial charge is 0.143 e. The van der Waals surface area contributed by atoms with Gasteiger partial charge in [0.15, 0.2) is 0 Å². The molecule has 11 aromatic rings. The summed E-state index contributed by atoms with van der Waals surface area (Å²) in [6.07, 6.45) is 0. The Morgan fingerprint density at radius 1 is 0.328 bits per heavy atom. The molecule has 2 aliphatic rings. The SMILES string of the molecule is c1ccc(-c2ccc(N(c3ccc4c(c3)C3(c5ccccc5-c5ccccc53)c3ccccc3-4)c3ccccc3-c3ccc4oc5c6ccccc6ccc5c4c3)cc2)cc1. The summed E-state index contributed by atoms with van der Waals surface area (Å²) in [5.74, 6) is 0. The van der Waals surface area contributed by atoms with E-state index in [0.29, 0.717) is 0 Å². The van der Waals surface area contributed by atoms with Crippen LogP contribution in [0.25, 0.3) is 77.2 Å². The molecule has 13 rings (SSSR count). The van der Waals surface area contributed by atoms with Gasteiger partial charge >= 0.3 is 0 Å². The maximum absolute atomic E-state index is 6.58. The van der Waals surface area contributed by atoms with E-state index in [0.717, 1.165) is 55.5 Å². The van der Waals surface area contributed by atoms with Crippen LogP contribution in [-0.4, -0.2) is 0 Å². The molecule has 1 spiro atoms. The predicted octanol–water partition coefficient (Wildman–Crippen LogP) is 15.9. The fourth-order valence-corrected chi connectivity index (χ4v) is 10.7. The number of hydrogen-bond acceptors (Lipinski definition) is 2. The Bertz CT molecular complexity index is 3480. The minimum atomic E-state index is -0.449. The van der Waals surface area contributed by atoms with E-state index < -0.39 is 5.41 Å². The monoisotopic (exact) mass is 775 g/mol. The van der Waals surface area contributed by atoms with Gasteiger partial charge < -0.3 is 9.32 Å². The molecule has 0 unspecified atom stereocenters. The minimum Gasteiger partial charge on any atom is -0.455 e. The highest BCUT2D eigenvalue weighted by Crippen LogP contribution is 2.63. The van der Waals surface area contributed by atoms with Gasteiger partial charge in [-0.1, -0.05) is 176 Å². The van der Waals surface area contributed by atoms with Gasteiger partial charge in [-0.25, -0.2) is 0 Å². The van der Waals surface area contributed by atoms with Gasteiger partial charge in [-0.05, 0) is 115 Å². The molecule has 0 saturated heterocycles. The first-order valence-corrected chi connectivity index (χ1v) is 21.1. The molecule has 0 radical (unpaired) electrons. The Morgan fingerprint density at radius 2 is 0.885 bits per heavy atom. The van der Waals surface area contributed by atoms with Crippen molar-refractivity contribution >= 4 is 49.8 Å². The molecule has 1 aromatic heterocycles. The summed E-state index contributed by atoms with van der Waals surface area (Å²) in [5.41, 5.74) is 19.8. The van der Waals surface area contributed by atoms with Gasteiger partial charge in [0.05, 0.1) is 11.1 Å². The second-order valence-electron chi connectivity index (χ2n) is 16.4. The molecule has 0 bridgehead atoms. The number of fused-ring (bicyclic) bond motifs is 15. The van der Waals surface area contributed by atoms with E-state index >= 15 is 0 Å². The Balaban J connectivity index is 1.04. The molecule has 1 heterocycles. The molecule has 0 N–H and O–H groups in total. The predicted molar refractivity (Wildman–Crippen MR) is 253 cm³/mol. The lowest BCUT2D eigenvalue weighted by Crippen LogP contribution is -2.26. The summed E-state index contributed by atoms with van der Waals surface area (Å²) < 4.78 is 6.58. The van der Waals surface area contributed by atoms with Crippen molar-refractivity contribution in [3.63, 3.8) is 0 Å². The summed E-state index contributed by atoms with van der Waals surface area (Å²) in [7, 11) is 0. The van der Waals surface area contributed by atoms with Crippen molar-refractivity contribution in [2.75, 3.05) is 4.90 Å². The van der Waals surface area contributed by atoms with Gasteiger partial charge in [-0.15, -0.1) is 0 Å². The molecule has 0 saturated carbocycles. The molecule has 2 aliphatic carbocycles. The lowest BCUT2D eigenvalue weighted by atomic mass is 9.70. The first-order chi connectivity index (χ1) is 30.3. The maximum Gasteiger partial charge on any atom is 0.143 e. The van der Waals surface area contributed by atoms with Gasteiger partial charge in [0, 0.05) is 33.1 Å². The third kappa shape index (κ3) is 4.85. The van der Waals surface area contributed by atoms with Gasteiger partial charge in [0.25, 0.3) is 0 Å². The Labute approximate surface area is 354 Å². The number of anilines is 3. The summed E-state index contributed by atoms with van der Waals surface area (Å²) in [4.78, 5) is 2.46. The number of benzene rings is 10. The molecule has 0 atom stereocenters. The lowest BCUT2D eigenvalue weighted by Gasteiger charge is -2.32. The normalized spacial score (nSPS) is 13.0. The van der Waals surface area contributed by atoms with Gasteiger partial charge in [0.2, 0.25) is 0 Å². The average Bonchev–Trinajstić information content (AvgIpc) is 3.96. The van der Waals surface area contributed by atoms with E-state index in [1.165, 1.54) is 61.0 Å². The molecular formula is C59H37NO. The van der Waals surface area contributed by atoms with E-state index in [4.69, 9.17) is 4.42 Å². The van der Waals surface area contributed by atoms with Gasteiger partial charge in [0.1, 0.15) is 11.2 Å². The molecule has 0 aliphatic heterocycles. The van der Waals surface area contributed by atoms with E-state index in [1.807, 2.05) is 0 Å². The molecule has 284 valence electrons. The number of furan rings is 1. The highest BCUT2D eigenvalue weighted by atomic mass is 16.3. The second kappa shape index (κ2) is 13.0. The molecular weight excluding hydrogens is 739 g/mol. The van der Waals surface area contributed by atoms with Crippen molar-refractivity contribution in [3.8, 4) is 44.5 Å². The summed E-state index contributed by atoms with van der Waals surface area (Å²) in [6, 6.07) is 82.3. The highest BCUT2D eigenvalue weighted by molar-refractivity contribution is 6.15. The van der Waals surface area contributed by atoms with E-state index in [1.54, 1.807) is 0 Å². The van der Waals surface area contributed by atoms with Crippen LogP contribution in [0.5, 0.6) is 0 Å². The van der Waals surface area contributed by atoms with Crippen LogP contribution in [-0.2, 0) is 5.41 Å². The molecule has 61 heavy (non-hydrogen) atoms. The van der Waals surface area contributed by atoms with Crippen LogP contribution in [0.15, 0.2) is 229 Å². The van der Waals surface area contributed by atoms with Crippen molar-refractivity contribution in [2.45, 2.75) is 5.41 Å². The van der Waals surface area contributed by atoms with E-state index in [-0.39, 0.29) is 0 Å². The molecule has 0 amide bonds. The van der Waals surface area contributed by atoms with Crippen molar-refractivity contribution in [2.24, 2.45) is 0 Å². The van der Waals surface area contributed by atoms with Crippen molar-refractivity contribution in [3.05, 3.63) is 247 Å². The van der Waals surface area contributed by atoms with Crippen LogP contribution in [0.4, 0.5) is 17.1 Å². The summed E-state index contributed by atoms with van der Waals surface area (Å²) in [6.45, 7) is 0. The molecule has 0 fully saturated rings. The molecule has 2 heteroatoms. The Kier molecular flexibility index (Phi) is 7.26. The van der Waals surface area contributed by atoms with Crippen LogP contribution >= 0.6 is 0 Å². The number of hydrogen-bond donors (Lipinski definition) is 0. The maximum atomic E-state index is 6.58. The molecule has 2 nitrogen and oxygen atoms in total. The topological polar surface area (TPSA) is 16.4 Å². The highest BCUT2D eigenvalue weighted by Gasteiger charge is 2.51. The van der Waals surface area contributed by atoms with E-state index in [2.05, 4.69) is 229 Å². The second-order valence-corrected chi connectivity index (χ2v) is 16.4. The molecule has 10 aromatic carbocycles. The lowest BCUT2D eigenvalue weighted by molar-refractivity contribution is 0.672. The van der Waals surface area contributed by atoms with Crippen LogP contribution < -0.4 is 4.90 Å². The van der Waals surface area contributed by atoms with Crippen molar-refractivity contribution in [1.82, 2.24) is 0 Å². The quantitative estimate of drug-likeness (QED) is 0.173. The first-order valence-electron chi connectivity index (χ1n) is 21.1. The Hall–Kier alpha value is -7.94. The van der Waals surface area contributed by atoms with Crippen LogP contribution in [0.1, 0.15) is 22.3 Å². The van der Waals surface area contributed by atoms with Gasteiger partial charge in [-0.3, -0.25) is 0 Å². The fraction of sp³-hybridized carbons (Fsp3) is 0.0169. The number of rotatable bonds is 5. The fourth-order valence-electron chi connectivity index (χ4n) is 10.7. The largest absolute Gasteiger partial charge is 0.455 e. The van der Waals surface area contributed by atoms with Crippen LogP contribution in [0.3, 0.4) is 0 Å². The zero-order valence-corrected chi connectivity index (χ0v) is 33.2. The van der Waals surface area contributed by atoms with Crippen LogP contribution in [0, 0.1) is 0 Å². The van der Waals surface area contributed by atoms with E-state index in [9.17, 15) is 0 Å². The first kappa shape index (κ1) is 34.0. The summed E-state index contributed by atoms with van der Waals surface area (Å²) in [5, 5.41) is 4.55. The standard InChI is InChI=1S/C59H37NO/c1-2-14-38(15-3-1)39-26-30-42(31-27-39)60(56-25-13-9-17-44(56)41-29-35-57-51(36-41)50-33-28-40-16-4-5-18-45(40)58(50)61-57)43-32-34-49-48-21-8-12-24-54(48)59(55(49)37-43)52-22-10-6-19-46(52)47-20-7-11-23-53(47)59/h1-37H. The number of nitrogens with zero attached hydrogens (tertiary/aromatic N) is 1. The van der Waals surface area contributed by atoms with Crippen LogP contribution in [0.2, 0.25) is 0 Å². The van der Waals surface area contributed by atoms with Crippen molar-refractivity contribution in [1.29, 1.82) is 0 Å². The Morgan fingerprint density at radius 3 is 1.61 bits per heavy atom. The van der Waals surface area contributed by atoms with Gasteiger partial charge in [-0.2, -0.15) is 0 Å². The zero-order valence-electron chi connectivity index (χ0n) is 33.2. The van der Waals surface area contributed by atoms with Crippen molar-refractivity contribution < 1.29 is 4.42 Å². The minimum absolute atomic E-state index is 0.449. The summed E-state index contributed by atoms with van der Waals surface area (Å²) >= 11 is 0. The third-order valence-corrected chi connectivity index (χ3v) is 13.3.